The Morgan fingerprint density at radius 3 is 2.56 bits per heavy atom. The first-order valence-electron chi connectivity index (χ1n) is 9.50. The maximum absolute atomic E-state index is 12.6. The average Bonchev–Trinajstić information content (AvgIpc) is 3.02. The van der Waals surface area contributed by atoms with E-state index in [1.807, 2.05) is 24.3 Å². The lowest BCUT2D eigenvalue weighted by atomic mass is 10.1. The van der Waals surface area contributed by atoms with Crippen molar-refractivity contribution in [2.75, 3.05) is 21.9 Å². The Morgan fingerprint density at radius 2 is 1.89 bits per heavy atom. The highest BCUT2D eigenvalue weighted by Gasteiger charge is 2.28. The number of benzene rings is 2. The molecule has 144 valence electrons. The molecule has 0 aromatic heterocycles. The fraction of sp³-hybridized carbons (Fsp3) is 0.381. The van der Waals surface area contributed by atoms with Gasteiger partial charge < -0.3 is 5.32 Å². The summed E-state index contributed by atoms with van der Waals surface area (Å²) in [7, 11) is -3.25. The van der Waals surface area contributed by atoms with Gasteiger partial charge in [-0.3, -0.25) is 9.10 Å². The zero-order chi connectivity index (χ0) is 19.3. The van der Waals surface area contributed by atoms with Crippen molar-refractivity contribution >= 4 is 27.3 Å². The summed E-state index contributed by atoms with van der Waals surface area (Å²) in [6.45, 7) is 2.65. The number of unbranched alkanes of at least 4 members (excludes halogenated alkanes) is 2. The Bertz CT molecular complexity index is 892. The van der Waals surface area contributed by atoms with Crippen LogP contribution in [0.2, 0.25) is 0 Å². The molecule has 1 aliphatic rings. The molecule has 0 aliphatic carbocycles. The second kappa shape index (κ2) is 8.57. The summed E-state index contributed by atoms with van der Waals surface area (Å²) in [6.07, 6.45) is 5.26. The van der Waals surface area contributed by atoms with Crippen LogP contribution in [-0.4, -0.2) is 26.6 Å². The quantitative estimate of drug-likeness (QED) is 0.725. The first-order valence-corrected chi connectivity index (χ1v) is 11.1. The van der Waals surface area contributed by atoms with E-state index < -0.39 is 10.0 Å². The number of nitrogens with zero attached hydrogens (tertiary/aromatic N) is 1. The van der Waals surface area contributed by atoms with Crippen LogP contribution < -0.4 is 9.62 Å². The van der Waals surface area contributed by atoms with Gasteiger partial charge in [-0.05, 0) is 55.2 Å². The maximum Gasteiger partial charge on any atom is 0.255 e. The Labute approximate surface area is 161 Å². The largest absolute Gasteiger partial charge is 0.322 e. The van der Waals surface area contributed by atoms with E-state index in [-0.39, 0.29) is 11.7 Å². The molecule has 1 amide bonds. The summed E-state index contributed by atoms with van der Waals surface area (Å²) >= 11 is 0. The lowest BCUT2D eigenvalue weighted by Gasteiger charge is -2.17. The van der Waals surface area contributed by atoms with Crippen molar-refractivity contribution in [3.63, 3.8) is 0 Å². The molecule has 1 aliphatic heterocycles. The van der Waals surface area contributed by atoms with E-state index in [2.05, 4.69) is 12.2 Å². The molecule has 6 heteroatoms. The minimum Gasteiger partial charge on any atom is -0.322 e. The molecular formula is C21H26N2O3S. The third kappa shape index (κ3) is 4.89. The molecule has 2 aromatic carbocycles. The lowest BCUT2D eigenvalue weighted by molar-refractivity contribution is 0.102. The summed E-state index contributed by atoms with van der Waals surface area (Å²) in [4.78, 5) is 12.6. The molecule has 1 N–H and O–H groups in total. The van der Waals surface area contributed by atoms with E-state index in [0.717, 1.165) is 12.1 Å². The van der Waals surface area contributed by atoms with Crippen LogP contribution in [-0.2, 0) is 16.4 Å². The van der Waals surface area contributed by atoms with Crippen LogP contribution in [0, 0.1) is 0 Å². The van der Waals surface area contributed by atoms with Gasteiger partial charge in [0.15, 0.2) is 0 Å². The Morgan fingerprint density at radius 1 is 1.11 bits per heavy atom. The third-order valence-corrected chi connectivity index (χ3v) is 6.65. The summed E-state index contributed by atoms with van der Waals surface area (Å²) in [5, 5.41) is 2.88. The van der Waals surface area contributed by atoms with Gasteiger partial charge in [-0.1, -0.05) is 38.0 Å². The van der Waals surface area contributed by atoms with Crippen molar-refractivity contribution in [2.45, 2.75) is 39.0 Å². The van der Waals surface area contributed by atoms with E-state index in [1.54, 1.807) is 24.3 Å². The normalized spacial score (nSPS) is 15.7. The van der Waals surface area contributed by atoms with Crippen molar-refractivity contribution in [3.05, 3.63) is 59.7 Å². The number of carbonyl (C=O) groups excluding carboxylic acids is 1. The second-order valence-electron chi connectivity index (χ2n) is 6.90. The topological polar surface area (TPSA) is 66.5 Å². The highest BCUT2D eigenvalue weighted by molar-refractivity contribution is 7.93. The van der Waals surface area contributed by atoms with Gasteiger partial charge in [0.05, 0.1) is 11.4 Å². The van der Waals surface area contributed by atoms with Crippen LogP contribution in [0.1, 0.15) is 48.5 Å². The fourth-order valence-electron chi connectivity index (χ4n) is 3.27. The Balaban J connectivity index is 1.67. The predicted octanol–water partition coefficient (Wildman–Crippen LogP) is 4.21. The molecule has 3 rings (SSSR count). The van der Waals surface area contributed by atoms with E-state index in [9.17, 15) is 13.2 Å². The summed E-state index contributed by atoms with van der Waals surface area (Å²) in [5.41, 5.74) is 2.99. The van der Waals surface area contributed by atoms with Crippen molar-refractivity contribution in [1.29, 1.82) is 0 Å². The fourth-order valence-corrected chi connectivity index (χ4v) is 4.83. The van der Waals surface area contributed by atoms with Crippen LogP contribution in [0.3, 0.4) is 0 Å². The number of anilines is 2. The minimum absolute atomic E-state index is 0.161. The number of sulfonamides is 1. The monoisotopic (exact) mass is 386 g/mol. The number of hydrogen-bond acceptors (Lipinski definition) is 3. The van der Waals surface area contributed by atoms with E-state index in [1.165, 1.54) is 29.1 Å². The molecule has 1 fully saturated rings. The molecule has 0 unspecified atom stereocenters. The van der Waals surface area contributed by atoms with Crippen LogP contribution in [0.25, 0.3) is 0 Å². The smallest absolute Gasteiger partial charge is 0.255 e. The summed E-state index contributed by atoms with van der Waals surface area (Å²) in [6, 6.07) is 14.7. The molecule has 5 nitrogen and oxygen atoms in total. The SMILES string of the molecule is CCCCCc1ccc(NC(=O)c2cccc(N3CCCS3(=O)=O)c2)cc1. The van der Waals surface area contributed by atoms with E-state index in [4.69, 9.17) is 0 Å². The molecule has 0 atom stereocenters. The molecule has 1 heterocycles. The second-order valence-corrected chi connectivity index (χ2v) is 8.91. The zero-order valence-corrected chi connectivity index (χ0v) is 16.5. The van der Waals surface area contributed by atoms with Crippen molar-refractivity contribution in [3.8, 4) is 0 Å². The van der Waals surface area contributed by atoms with Crippen LogP contribution in [0.15, 0.2) is 48.5 Å². The molecule has 0 saturated carbocycles. The van der Waals surface area contributed by atoms with Gasteiger partial charge >= 0.3 is 0 Å². The van der Waals surface area contributed by atoms with Crippen molar-refractivity contribution in [1.82, 2.24) is 0 Å². The molecule has 0 radical (unpaired) electrons. The average molecular weight is 387 g/mol. The standard InChI is InChI=1S/C21H26N2O3S/c1-2-3-4-7-17-10-12-19(13-11-17)22-21(24)18-8-5-9-20(16-18)23-14-6-15-27(23,25)26/h5,8-13,16H,2-4,6-7,14-15H2,1H3,(H,22,24). The lowest BCUT2D eigenvalue weighted by Crippen LogP contribution is -2.25. The van der Waals surface area contributed by atoms with Crippen LogP contribution in [0.4, 0.5) is 11.4 Å². The summed E-state index contributed by atoms with van der Waals surface area (Å²) in [5.74, 6) is -0.0826. The molecule has 0 bridgehead atoms. The Kier molecular flexibility index (Phi) is 6.16. The van der Waals surface area contributed by atoms with E-state index >= 15 is 0 Å². The zero-order valence-electron chi connectivity index (χ0n) is 15.6. The van der Waals surface area contributed by atoms with Gasteiger partial charge in [-0.15, -0.1) is 0 Å². The molecule has 0 spiro atoms. The summed E-state index contributed by atoms with van der Waals surface area (Å²) < 4.78 is 25.6. The predicted molar refractivity (Wildman–Crippen MR) is 110 cm³/mol. The minimum atomic E-state index is -3.25. The van der Waals surface area contributed by atoms with Gasteiger partial charge in [-0.2, -0.15) is 0 Å². The highest BCUT2D eigenvalue weighted by atomic mass is 32.2. The van der Waals surface area contributed by atoms with Gasteiger partial charge in [0.2, 0.25) is 10.0 Å². The molecule has 27 heavy (non-hydrogen) atoms. The van der Waals surface area contributed by atoms with Crippen molar-refractivity contribution in [2.24, 2.45) is 0 Å². The number of aryl methyl sites for hydroxylation is 1. The number of nitrogens with one attached hydrogen (secondary N) is 1. The number of hydrogen-bond donors (Lipinski definition) is 1. The van der Waals surface area contributed by atoms with Gasteiger partial charge in [0.25, 0.3) is 5.91 Å². The number of rotatable bonds is 7. The van der Waals surface area contributed by atoms with Crippen LogP contribution >= 0.6 is 0 Å². The van der Waals surface area contributed by atoms with Gasteiger partial charge in [-0.25, -0.2) is 8.42 Å². The number of amides is 1. The molecule has 2 aromatic rings. The number of carbonyl (C=O) groups is 1. The van der Waals surface area contributed by atoms with Gasteiger partial charge in [0.1, 0.15) is 0 Å². The Hall–Kier alpha value is -2.34. The molecular weight excluding hydrogens is 360 g/mol. The van der Waals surface area contributed by atoms with Gasteiger partial charge in [0, 0.05) is 17.8 Å². The first kappa shape index (κ1) is 19.4. The highest BCUT2D eigenvalue weighted by Crippen LogP contribution is 2.25. The molecule has 1 saturated heterocycles. The van der Waals surface area contributed by atoms with E-state index in [0.29, 0.717) is 24.2 Å². The van der Waals surface area contributed by atoms with Crippen molar-refractivity contribution < 1.29 is 13.2 Å². The first-order chi connectivity index (χ1) is 13.0. The van der Waals surface area contributed by atoms with Crippen LogP contribution in [0.5, 0.6) is 0 Å². The third-order valence-electron chi connectivity index (χ3n) is 4.78. The maximum atomic E-state index is 12.6.